The molecule has 0 aromatic heterocycles. The Morgan fingerprint density at radius 3 is 1.97 bits per heavy atom. The van der Waals surface area contributed by atoms with Gasteiger partial charge in [-0.15, -0.1) is 0 Å². The van der Waals surface area contributed by atoms with Gasteiger partial charge in [0, 0.05) is 6.42 Å². The average molecular weight is 485 g/mol. The molecule has 0 bridgehead atoms. The monoisotopic (exact) mass is 484 g/mol. The van der Waals surface area contributed by atoms with Crippen molar-refractivity contribution in [3.05, 3.63) is 89.5 Å². The molecule has 0 unspecified atom stereocenters. The molecule has 172 valence electrons. The highest BCUT2D eigenvalue weighted by molar-refractivity contribution is 7.94. The lowest BCUT2D eigenvalue weighted by atomic mass is 10.1. The summed E-state index contributed by atoms with van der Waals surface area (Å²) < 4.78 is 54.7. The van der Waals surface area contributed by atoms with Crippen LogP contribution in [0.25, 0.3) is 0 Å². The lowest BCUT2D eigenvalue weighted by Gasteiger charge is -2.27. The number of hydrogen-bond donors (Lipinski definition) is 0. The van der Waals surface area contributed by atoms with E-state index in [2.05, 4.69) is 0 Å². The molecule has 3 aromatic carbocycles. The standard InChI is InChI=1S/C24H24N2O5S2/c1-18-15-22(26-23(27)13-14-32(26,28)29)16-19(2)24(18)33(30,31)25(21-11-7-4-8-12-21)17-20-9-5-3-6-10-20/h3-12,15-16H,13-14,17H2,1-2H3. The summed E-state index contributed by atoms with van der Waals surface area (Å²) in [6.45, 7) is 3.36. The maximum atomic E-state index is 13.9. The van der Waals surface area contributed by atoms with Gasteiger partial charge in [-0.1, -0.05) is 48.5 Å². The minimum atomic E-state index is -4.02. The van der Waals surface area contributed by atoms with Crippen LogP contribution in [0.1, 0.15) is 23.1 Å². The molecule has 3 aromatic rings. The Balaban J connectivity index is 1.82. The van der Waals surface area contributed by atoms with Crippen LogP contribution < -0.4 is 8.61 Å². The second-order valence-electron chi connectivity index (χ2n) is 7.97. The van der Waals surface area contributed by atoms with Gasteiger partial charge in [-0.3, -0.25) is 9.10 Å². The first-order valence-electron chi connectivity index (χ1n) is 10.4. The minimum Gasteiger partial charge on any atom is -0.273 e. The smallest absolute Gasteiger partial charge is 0.265 e. The highest BCUT2D eigenvalue weighted by Gasteiger charge is 2.37. The van der Waals surface area contributed by atoms with Gasteiger partial charge in [0.1, 0.15) is 0 Å². The van der Waals surface area contributed by atoms with E-state index in [9.17, 15) is 21.6 Å². The van der Waals surface area contributed by atoms with Gasteiger partial charge in [-0.2, -0.15) is 0 Å². The third-order valence-electron chi connectivity index (χ3n) is 5.52. The summed E-state index contributed by atoms with van der Waals surface area (Å²) in [5, 5.41) is 0. The van der Waals surface area contributed by atoms with Crippen LogP contribution >= 0.6 is 0 Å². The molecular formula is C24H24N2O5S2. The Kier molecular flexibility index (Phi) is 6.02. The van der Waals surface area contributed by atoms with Crippen LogP contribution in [0.5, 0.6) is 0 Å². The van der Waals surface area contributed by atoms with Crippen molar-refractivity contribution in [1.29, 1.82) is 0 Å². The van der Waals surface area contributed by atoms with Crippen molar-refractivity contribution in [2.24, 2.45) is 0 Å². The van der Waals surface area contributed by atoms with Crippen molar-refractivity contribution >= 4 is 37.3 Å². The molecule has 1 aliphatic rings. The number of nitrogens with zero attached hydrogens (tertiary/aromatic N) is 2. The lowest BCUT2D eigenvalue weighted by molar-refractivity contribution is -0.116. The number of benzene rings is 3. The number of hydrogen-bond acceptors (Lipinski definition) is 5. The molecule has 1 saturated heterocycles. The van der Waals surface area contributed by atoms with Crippen LogP contribution in [0.3, 0.4) is 0 Å². The largest absolute Gasteiger partial charge is 0.273 e. The summed E-state index contributed by atoms with van der Waals surface area (Å²) in [6, 6.07) is 21.0. The quantitative estimate of drug-likeness (QED) is 0.531. The Morgan fingerprint density at radius 2 is 1.45 bits per heavy atom. The molecule has 1 fully saturated rings. The Morgan fingerprint density at radius 1 is 0.909 bits per heavy atom. The summed E-state index contributed by atoms with van der Waals surface area (Å²) >= 11 is 0. The van der Waals surface area contributed by atoms with Crippen molar-refractivity contribution in [3.8, 4) is 0 Å². The number of amides is 1. The maximum Gasteiger partial charge on any atom is 0.265 e. The predicted molar refractivity (Wildman–Crippen MR) is 128 cm³/mol. The Bertz CT molecular complexity index is 1380. The molecule has 0 N–H and O–H groups in total. The van der Waals surface area contributed by atoms with Gasteiger partial charge in [0.25, 0.3) is 10.0 Å². The third kappa shape index (κ3) is 4.38. The molecule has 1 amide bonds. The van der Waals surface area contributed by atoms with Gasteiger partial charge in [0.05, 0.1) is 28.6 Å². The molecule has 0 spiro atoms. The van der Waals surface area contributed by atoms with Gasteiger partial charge < -0.3 is 0 Å². The highest BCUT2D eigenvalue weighted by Crippen LogP contribution is 2.34. The van der Waals surface area contributed by atoms with E-state index in [1.807, 2.05) is 36.4 Å². The average Bonchev–Trinajstić information content (AvgIpc) is 3.04. The zero-order valence-electron chi connectivity index (χ0n) is 18.3. The zero-order valence-corrected chi connectivity index (χ0v) is 19.9. The lowest BCUT2D eigenvalue weighted by Crippen LogP contribution is -2.32. The van der Waals surface area contributed by atoms with Crippen molar-refractivity contribution in [3.63, 3.8) is 0 Å². The molecule has 0 saturated carbocycles. The van der Waals surface area contributed by atoms with E-state index < -0.39 is 26.0 Å². The van der Waals surface area contributed by atoms with Crippen molar-refractivity contribution in [2.75, 3.05) is 14.4 Å². The fraction of sp³-hybridized carbons (Fsp3) is 0.208. The second-order valence-corrected chi connectivity index (χ2v) is 11.7. The molecule has 1 aliphatic heterocycles. The molecule has 7 nitrogen and oxygen atoms in total. The van der Waals surface area contributed by atoms with Crippen LogP contribution in [-0.2, 0) is 31.4 Å². The molecule has 9 heteroatoms. The second kappa shape index (κ2) is 8.64. The number of carbonyl (C=O) groups is 1. The summed E-state index contributed by atoms with van der Waals surface area (Å²) in [7, 11) is -7.76. The minimum absolute atomic E-state index is 0.0840. The zero-order chi connectivity index (χ0) is 23.8. The van der Waals surface area contributed by atoms with Crippen molar-refractivity contribution < 1.29 is 21.6 Å². The van der Waals surface area contributed by atoms with Crippen molar-refractivity contribution in [1.82, 2.24) is 0 Å². The first kappa shape index (κ1) is 23.0. The fourth-order valence-electron chi connectivity index (χ4n) is 4.09. The van der Waals surface area contributed by atoms with Crippen molar-refractivity contribution in [2.45, 2.75) is 31.7 Å². The maximum absolute atomic E-state index is 13.9. The molecule has 0 atom stereocenters. The van der Waals surface area contributed by atoms with E-state index in [0.29, 0.717) is 16.8 Å². The van der Waals surface area contributed by atoms with Gasteiger partial charge in [0.15, 0.2) is 0 Å². The molecule has 33 heavy (non-hydrogen) atoms. The predicted octanol–water partition coefficient (Wildman–Crippen LogP) is 3.77. The number of sulfonamides is 2. The third-order valence-corrected chi connectivity index (χ3v) is 9.29. The van der Waals surface area contributed by atoms with Gasteiger partial charge in [0.2, 0.25) is 15.9 Å². The van der Waals surface area contributed by atoms with Gasteiger partial charge >= 0.3 is 0 Å². The first-order valence-corrected chi connectivity index (χ1v) is 13.4. The number of anilines is 2. The topological polar surface area (TPSA) is 91.8 Å². The molecule has 4 rings (SSSR count). The Hall–Kier alpha value is -3.17. The van der Waals surface area contributed by atoms with E-state index >= 15 is 0 Å². The number of rotatable bonds is 6. The number of aryl methyl sites for hydroxylation is 2. The van der Waals surface area contributed by atoms with E-state index in [0.717, 1.165) is 9.87 Å². The molecule has 1 heterocycles. The number of carbonyl (C=O) groups excluding carboxylic acids is 1. The van der Waals surface area contributed by atoms with Gasteiger partial charge in [-0.05, 0) is 54.8 Å². The van der Waals surface area contributed by atoms with E-state index in [4.69, 9.17) is 0 Å². The van der Waals surface area contributed by atoms with E-state index in [-0.39, 0.29) is 29.3 Å². The SMILES string of the molecule is Cc1cc(N2C(=O)CCS2(=O)=O)cc(C)c1S(=O)(=O)N(Cc1ccccc1)c1ccccc1. The highest BCUT2D eigenvalue weighted by atomic mass is 32.2. The summed E-state index contributed by atoms with van der Waals surface area (Å²) in [5.41, 5.74) is 2.25. The van der Waals surface area contributed by atoms with Gasteiger partial charge in [-0.25, -0.2) is 21.1 Å². The van der Waals surface area contributed by atoms with Crippen LogP contribution in [0.4, 0.5) is 11.4 Å². The summed E-state index contributed by atoms with van der Waals surface area (Å²) in [5.74, 6) is -0.762. The summed E-state index contributed by atoms with van der Waals surface area (Å²) in [4.78, 5) is 12.3. The Labute approximate surface area is 194 Å². The number of para-hydroxylation sites is 1. The van der Waals surface area contributed by atoms with Crippen LogP contribution in [0.2, 0.25) is 0 Å². The van der Waals surface area contributed by atoms with Crippen LogP contribution in [0.15, 0.2) is 77.7 Å². The molecule has 0 radical (unpaired) electrons. The van der Waals surface area contributed by atoms with Crippen LogP contribution in [0, 0.1) is 13.8 Å². The fourth-order valence-corrected chi connectivity index (χ4v) is 7.40. The molecular weight excluding hydrogens is 460 g/mol. The van der Waals surface area contributed by atoms with Crippen LogP contribution in [-0.4, -0.2) is 28.5 Å². The first-order chi connectivity index (χ1) is 15.6. The van der Waals surface area contributed by atoms with E-state index in [1.54, 1.807) is 38.1 Å². The molecule has 0 aliphatic carbocycles. The summed E-state index contributed by atoms with van der Waals surface area (Å²) in [6.07, 6.45) is -0.0840. The van der Waals surface area contributed by atoms with E-state index in [1.165, 1.54) is 16.4 Å². The normalized spacial score (nSPS) is 15.6.